The van der Waals surface area contributed by atoms with E-state index in [2.05, 4.69) is 4.74 Å². The molecule has 20 heavy (non-hydrogen) atoms. The van der Waals surface area contributed by atoms with Crippen molar-refractivity contribution in [1.29, 1.82) is 0 Å². The first-order valence-electron chi connectivity index (χ1n) is 5.23. The summed E-state index contributed by atoms with van der Waals surface area (Å²) in [5.41, 5.74) is 6.80. The lowest BCUT2D eigenvalue weighted by Gasteiger charge is -2.15. The van der Waals surface area contributed by atoms with Gasteiger partial charge in [-0.05, 0) is 40.6 Å². The molecule has 2 aromatic rings. The van der Waals surface area contributed by atoms with Gasteiger partial charge in [-0.1, -0.05) is 0 Å². The number of nitrogens with two attached hydrogens (primary N) is 1. The highest BCUT2D eigenvalue weighted by Crippen LogP contribution is 2.33. The fraction of sp³-hybridized carbons (Fsp3) is 0.167. The third-order valence-electron chi connectivity index (χ3n) is 2.47. The molecule has 8 heteroatoms. The van der Waals surface area contributed by atoms with E-state index in [1.807, 2.05) is 0 Å². The predicted molar refractivity (Wildman–Crippen MR) is 72.4 cm³/mol. The van der Waals surface area contributed by atoms with Crippen LogP contribution >= 0.6 is 23.7 Å². The van der Waals surface area contributed by atoms with Crippen molar-refractivity contribution in [3.05, 3.63) is 46.2 Å². The van der Waals surface area contributed by atoms with E-state index in [1.54, 1.807) is 16.8 Å². The number of halogens is 4. The van der Waals surface area contributed by atoms with E-state index >= 15 is 0 Å². The first-order valence-corrected chi connectivity index (χ1v) is 6.17. The average Bonchev–Trinajstić information content (AvgIpc) is 2.82. The van der Waals surface area contributed by atoms with Gasteiger partial charge in [0, 0.05) is 5.56 Å². The third-order valence-corrected chi connectivity index (χ3v) is 3.17. The molecule has 0 aliphatic heterocycles. The largest absolute Gasteiger partial charge is 0.573 e. The summed E-state index contributed by atoms with van der Waals surface area (Å²) in [5, 5.41) is 13.2. The second-order valence-electron chi connectivity index (χ2n) is 3.80. The molecule has 0 bridgehead atoms. The molecule has 0 saturated carbocycles. The van der Waals surface area contributed by atoms with Crippen LogP contribution in [0.4, 0.5) is 13.2 Å². The zero-order valence-electron chi connectivity index (χ0n) is 9.92. The number of phenols is 1. The van der Waals surface area contributed by atoms with Crippen LogP contribution in [-0.4, -0.2) is 11.5 Å². The molecule has 2 rings (SSSR count). The Balaban J connectivity index is 0.00000200. The minimum absolute atomic E-state index is 0. The van der Waals surface area contributed by atoms with Crippen molar-refractivity contribution < 1.29 is 23.0 Å². The van der Waals surface area contributed by atoms with E-state index in [9.17, 15) is 18.3 Å². The fourth-order valence-corrected chi connectivity index (χ4v) is 2.31. The molecular formula is C12H11ClF3NO2S. The SMILES string of the molecule is Cl.N[C@@H](c1ccsc1)c1cc(OC(F)(F)F)ccc1O. The Morgan fingerprint density at radius 2 is 1.95 bits per heavy atom. The number of hydrogen-bond acceptors (Lipinski definition) is 4. The molecule has 0 aliphatic rings. The van der Waals surface area contributed by atoms with Crippen LogP contribution < -0.4 is 10.5 Å². The molecule has 0 unspecified atom stereocenters. The first-order chi connectivity index (χ1) is 8.87. The number of benzene rings is 1. The summed E-state index contributed by atoms with van der Waals surface area (Å²) < 4.78 is 40.2. The summed E-state index contributed by atoms with van der Waals surface area (Å²) in [6.07, 6.45) is -4.78. The number of hydrogen-bond donors (Lipinski definition) is 2. The van der Waals surface area contributed by atoms with Gasteiger partial charge in [-0.25, -0.2) is 0 Å². The van der Waals surface area contributed by atoms with Crippen LogP contribution in [-0.2, 0) is 0 Å². The monoisotopic (exact) mass is 325 g/mol. The number of thiophene rings is 1. The Hall–Kier alpha value is -1.44. The quantitative estimate of drug-likeness (QED) is 0.902. The summed E-state index contributed by atoms with van der Waals surface area (Å²) in [6.45, 7) is 0. The minimum Gasteiger partial charge on any atom is -0.508 e. The van der Waals surface area contributed by atoms with Crippen LogP contribution in [0.3, 0.4) is 0 Å². The first kappa shape index (κ1) is 16.6. The topological polar surface area (TPSA) is 55.5 Å². The van der Waals surface area contributed by atoms with Crippen molar-refractivity contribution in [3.63, 3.8) is 0 Å². The van der Waals surface area contributed by atoms with Crippen LogP contribution in [0.5, 0.6) is 11.5 Å². The Morgan fingerprint density at radius 1 is 1.25 bits per heavy atom. The molecular weight excluding hydrogens is 315 g/mol. The molecule has 0 radical (unpaired) electrons. The van der Waals surface area contributed by atoms with Gasteiger partial charge in [0.15, 0.2) is 0 Å². The molecule has 0 fully saturated rings. The van der Waals surface area contributed by atoms with E-state index in [0.29, 0.717) is 5.56 Å². The highest BCUT2D eigenvalue weighted by atomic mass is 35.5. The van der Waals surface area contributed by atoms with Crippen LogP contribution in [0.1, 0.15) is 17.2 Å². The molecule has 0 amide bonds. The number of ether oxygens (including phenoxy) is 1. The van der Waals surface area contributed by atoms with Gasteiger partial charge >= 0.3 is 6.36 Å². The minimum atomic E-state index is -4.78. The molecule has 3 N–H and O–H groups in total. The third kappa shape index (κ3) is 4.03. The Bertz CT molecular complexity index is 560. The lowest BCUT2D eigenvalue weighted by Crippen LogP contribution is -2.18. The van der Waals surface area contributed by atoms with E-state index in [-0.39, 0.29) is 23.7 Å². The van der Waals surface area contributed by atoms with E-state index in [4.69, 9.17) is 5.73 Å². The predicted octanol–water partition coefficient (Wildman–Crippen LogP) is 3.82. The Kier molecular flexibility index (Phi) is 5.27. The summed E-state index contributed by atoms with van der Waals surface area (Å²) in [5.74, 6) is -0.584. The van der Waals surface area contributed by atoms with Gasteiger partial charge in [-0.15, -0.1) is 25.6 Å². The second kappa shape index (κ2) is 6.34. The van der Waals surface area contributed by atoms with E-state index in [0.717, 1.165) is 18.2 Å². The number of alkyl halides is 3. The van der Waals surface area contributed by atoms with Crippen molar-refractivity contribution in [2.45, 2.75) is 12.4 Å². The lowest BCUT2D eigenvalue weighted by atomic mass is 10.0. The summed E-state index contributed by atoms with van der Waals surface area (Å²) in [4.78, 5) is 0. The van der Waals surface area contributed by atoms with Crippen molar-refractivity contribution in [1.82, 2.24) is 0 Å². The van der Waals surface area contributed by atoms with Crippen LogP contribution in [0.25, 0.3) is 0 Å². The lowest BCUT2D eigenvalue weighted by molar-refractivity contribution is -0.274. The molecule has 110 valence electrons. The van der Waals surface area contributed by atoms with Crippen LogP contribution in [0.15, 0.2) is 35.0 Å². The molecule has 1 aromatic carbocycles. The second-order valence-corrected chi connectivity index (χ2v) is 4.58. The standard InChI is InChI=1S/C12H10F3NO2S.ClH/c13-12(14,15)18-8-1-2-10(17)9(5-8)11(16)7-3-4-19-6-7;/h1-6,11,17H,16H2;1H/t11-;/m0./s1. The molecule has 0 saturated heterocycles. The van der Waals surface area contributed by atoms with Gasteiger partial charge in [-0.3, -0.25) is 0 Å². The van der Waals surface area contributed by atoms with Gasteiger partial charge in [-0.2, -0.15) is 11.3 Å². The average molecular weight is 326 g/mol. The molecule has 0 spiro atoms. The Labute approximate surface area is 123 Å². The smallest absolute Gasteiger partial charge is 0.508 e. The maximum Gasteiger partial charge on any atom is 0.573 e. The number of aromatic hydroxyl groups is 1. The van der Waals surface area contributed by atoms with E-state index < -0.39 is 18.2 Å². The molecule has 1 heterocycles. The molecule has 0 aliphatic carbocycles. The van der Waals surface area contributed by atoms with E-state index in [1.165, 1.54) is 11.3 Å². The van der Waals surface area contributed by atoms with Gasteiger partial charge in [0.2, 0.25) is 0 Å². The summed E-state index contributed by atoms with van der Waals surface area (Å²) in [6, 6.07) is 4.29. The maximum absolute atomic E-state index is 12.1. The highest BCUT2D eigenvalue weighted by molar-refractivity contribution is 7.08. The summed E-state index contributed by atoms with van der Waals surface area (Å²) in [7, 11) is 0. The van der Waals surface area contributed by atoms with Crippen LogP contribution in [0.2, 0.25) is 0 Å². The number of phenolic OH excluding ortho intramolecular Hbond substituents is 1. The van der Waals surface area contributed by atoms with Gasteiger partial charge in [0.25, 0.3) is 0 Å². The Morgan fingerprint density at radius 3 is 2.50 bits per heavy atom. The molecule has 1 atom stereocenters. The van der Waals surface area contributed by atoms with Gasteiger partial charge in [0.1, 0.15) is 11.5 Å². The van der Waals surface area contributed by atoms with Crippen molar-refractivity contribution in [2.75, 3.05) is 0 Å². The normalized spacial score (nSPS) is 12.6. The summed E-state index contributed by atoms with van der Waals surface area (Å²) >= 11 is 1.41. The zero-order valence-corrected chi connectivity index (χ0v) is 11.6. The maximum atomic E-state index is 12.1. The molecule has 1 aromatic heterocycles. The van der Waals surface area contributed by atoms with Gasteiger partial charge in [0.05, 0.1) is 6.04 Å². The van der Waals surface area contributed by atoms with Crippen molar-refractivity contribution in [2.24, 2.45) is 5.73 Å². The zero-order chi connectivity index (χ0) is 14.0. The molecule has 3 nitrogen and oxygen atoms in total. The van der Waals surface area contributed by atoms with Gasteiger partial charge < -0.3 is 15.6 Å². The van der Waals surface area contributed by atoms with Crippen molar-refractivity contribution >= 4 is 23.7 Å². The number of rotatable bonds is 3. The fourth-order valence-electron chi connectivity index (χ4n) is 1.61. The van der Waals surface area contributed by atoms with Crippen LogP contribution in [0, 0.1) is 0 Å². The highest BCUT2D eigenvalue weighted by Gasteiger charge is 2.31. The van der Waals surface area contributed by atoms with Crippen molar-refractivity contribution in [3.8, 4) is 11.5 Å².